The highest BCUT2D eigenvalue weighted by atomic mass is 32.1. The fraction of sp³-hybridized carbons (Fsp3) is 0.300. The van der Waals surface area contributed by atoms with Gasteiger partial charge in [0.25, 0.3) is 5.69 Å². The second-order valence-electron chi connectivity index (χ2n) is 6.51. The number of para-hydroxylation sites is 2. The molecule has 0 bridgehead atoms. The van der Waals surface area contributed by atoms with Crippen LogP contribution >= 0.6 is 12.2 Å². The van der Waals surface area contributed by atoms with Crippen molar-refractivity contribution >= 4 is 34.4 Å². The number of nitrogens with one attached hydrogen (secondary N) is 3. The molecule has 4 N–H and O–H groups in total. The van der Waals surface area contributed by atoms with E-state index in [0.29, 0.717) is 5.71 Å². The molecule has 0 aliphatic rings. The molecule has 29 heavy (non-hydrogen) atoms. The quantitative estimate of drug-likeness (QED) is 0.228. The lowest BCUT2D eigenvalue weighted by atomic mass is 10.1. The summed E-state index contributed by atoms with van der Waals surface area (Å²) in [5.74, 6) is 0.266. The molecule has 9 heteroatoms. The first-order valence-electron chi connectivity index (χ1n) is 9.36. The number of hydrazone groups is 1. The van der Waals surface area contributed by atoms with Crippen LogP contribution in [0.1, 0.15) is 31.9 Å². The Labute approximate surface area is 175 Å². The van der Waals surface area contributed by atoms with E-state index < -0.39 is 4.92 Å². The van der Waals surface area contributed by atoms with Gasteiger partial charge in [0.15, 0.2) is 5.11 Å². The fourth-order valence-corrected chi connectivity index (χ4v) is 2.97. The zero-order chi connectivity index (χ0) is 21.4. The van der Waals surface area contributed by atoms with E-state index in [1.165, 1.54) is 11.0 Å². The molecule has 2 rings (SSSR count). The molecule has 0 radical (unpaired) electrons. The molecule has 0 atom stereocenters. The minimum absolute atomic E-state index is 0.0700. The van der Waals surface area contributed by atoms with Gasteiger partial charge in [-0.15, -0.1) is 0 Å². The van der Waals surface area contributed by atoms with Crippen LogP contribution in [-0.4, -0.2) is 33.9 Å². The Hall–Kier alpha value is -3.04. The van der Waals surface area contributed by atoms with Gasteiger partial charge >= 0.3 is 0 Å². The van der Waals surface area contributed by atoms with Crippen molar-refractivity contribution in [2.75, 3.05) is 18.4 Å². The van der Waals surface area contributed by atoms with E-state index >= 15 is 0 Å². The molecule has 154 valence electrons. The van der Waals surface area contributed by atoms with Gasteiger partial charge in [-0.2, -0.15) is 5.10 Å². The number of rotatable bonds is 8. The van der Waals surface area contributed by atoms with E-state index in [9.17, 15) is 15.2 Å². The molecule has 2 aromatic rings. The minimum atomic E-state index is -0.477. The van der Waals surface area contributed by atoms with Crippen molar-refractivity contribution < 1.29 is 14.9 Å². The van der Waals surface area contributed by atoms with Crippen molar-refractivity contribution in [2.24, 2.45) is 5.10 Å². The molecule has 0 fully saturated rings. The number of quaternary nitrogens is 1. The second kappa shape index (κ2) is 10.5. The van der Waals surface area contributed by atoms with Crippen molar-refractivity contribution in [3.63, 3.8) is 0 Å². The number of phenolic OH excluding ortho intramolecular Hbond substituents is 1. The van der Waals surface area contributed by atoms with Crippen molar-refractivity contribution in [3.05, 3.63) is 63.7 Å². The smallest absolute Gasteiger partial charge is 0.292 e. The highest BCUT2D eigenvalue weighted by Crippen LogP contribution is 2.23. The number of nitro benzene ring substituents is 1. The SMILES string of the molecule is CC[NH+](CC)Cc1cc(/C(C)=N/NC(=S)Nc2ccccc2[N+](=O)[O-])ccc1O. The highest BCUT2D eigenvalue weighted by molar-refractivity contribution is 7.80. The number of hydrogen-bond acceptors (Lipinski definition) is 5. The van der Waals surface area contributed by atoms with Gasteiger partial charge in [-0.05, 0) is 62.8 Å². The number of hydrogen-bond donors (Lipinski definition) is 4. The van der Waals surface area contributed by atoms with Gasteiger partial charge in [-0.3, -0.25) is 15.5 Å². The summed E-state index contributed by atoms with van der Waals surface area (Å²) >= 11 is 5.19. The Bertz CT molecular complexity index is 913. The molecule has 0 saturated heterocycles. The Kier molecular flexibility index (Phi) is 8.05. The van der Waals surface area contributed by atoms with Gasteiger partial charge < -0.3 is 15.3 Å². The van der Waals surface area contributed by atoms with Crippen LogP contribution in [0.5, 0.6) is 5.75 Å². The third-order valence-corrected chi connectivity index (χ3v) is 4.81. The molecular weight excluding hydrogens is 390 g/mol. The molecule has 0 aliphatic heterocycles. The normalized spacial score (nSPS) is 11.4. The Morgan fingerprint density at radius 1 is 1.24 bits per heavy atom. The van der Waals surface area contributed by atoms with Crippen LogP contribution in [-0.2, 0) is 6.54 Å². The fourth-order valence-electron chi connectivity index (χ4n) is 2.81. The third-order valence-electron chi connectivity index (χ3n) is 4.61. The average molecular weight is 417 g/mol. The van der Waals surface area contributed by atoms with E-state index in [-0.39, 0.29) is 22.2 Å². The number of aromatic hydroxyl groups is 1. The lowest BCUT2D eigenvalue weighted by Gasteiger charge is -2.16. The molecule has 0 aliphatic carbocycles. The Morgan fingerprint density at radius 2 is 1.93 bits per heavy atom. The summed E-state index contributed by atoms with van der Waals surface area (Å²) in [5, 5.41) is 28.4. The van der Waals surface area contributed by atoms with E-state index in [1.54, 1.807) is 30.3 Å². The van der Waals surface area contributed by atoms with Gasteiger partial charge in [0.1, 0.15) is 18.0 Å². The summed E-state index contributed by atoms with van der Waals surface area (Å²) in [7, 11) is 0. The van der Waals surface area contributed by atoms with Crippen LogP contribution in [0.4, 0.5) is 11.4 Å². The minimum Gasteiger partial charge on any atom is -0.507 e. The lowest BCUT2D eigenvalue weighted by molar-refractivity contribution is -0.910. The summed E-state index contributed by atoms with van der Waals surface area (Å²) in [6.45, 7) is 8.72. The highest BCUT2D eigenvalue weighted by Gasteiger charge is 2.13. The van der Waals surface area contributed by atoms with E-state index in [1.807, 2.05) is 13.0 Å². The number of phenols is 1. The third kappa shape index (κ3) is 6.23. The second-order valence-corrected chi connectivity index (χ2v) is 6.92. The Balaban J connectivity index is 2.09. The van der Waals surface area contributed by atoms with Crippen molar-refractivity contribution in [2.45, 2.75) is 27.3 Å². The zero-order valence-electron chi connectivity index (χ0n) is 16.7. The molecule has 0 heterocycles. The molecular formula is C20H26N5O3S+. The van der Waals surface area contributed by atoms with Crippen LogP contribution in [0.25, 0.3) is 0 Å². The molecule has 2 aromatic carbocycles. The molecule has 0 spiro atoms. The van der Waals surface area contributed by atoms with Crippen LogP contribution in [0.15, 0.2) is 47.6 Å². The first-order valence-corrected chi connectivity index (χ1v) is 9.77. The summed E-state index contributed by atoms with van der Waals surface area (Å²) in [4.78, 5) is 12.0. The van der Waals surface area contributed by atoms with Gasteiger partial charge in [0.2, 0.25) is 0 Å². The molecule has 0 aromatic heterocycles. The largest absolute Gasteiger partial charge is 0.507 e. The topological polar surface area (TPSA) is 104 Å². The first kappa shape index (κ1) is 22.3. The maximum atomic E-state index is 11.1. The molecule has 0 unspecified atom stereocenters. The summed E-state index contributed by atoms with van der Waals surface area (Å²) in [6, 6.07) is 11.6. The van der Waals surface area contributed by atoms with E-state index in [0.717, 1.165) is 30.8 Å². The monoisotopic (exact) mass is 416 g/mol. The van der Waals surface area contributed by atoms with Crippen molar-refractivity contribution in [3.8, 4) is 5.75 Å². The van der Waals surface area contributed by atoms with E-state index in [2.05, 4.69) is 29.7 Å². The average Bonchev–Trinajstić information content (AvgIpc) is 2.71. The number of benzene rings is 2. The van der Waals surface area contributed by atoms with Crippen LogP contribution in [0.3, 0.4) is 0 Å². The van der Waals surface area contributed by atoms with Crippen molar-refractivity contribution in [1.82, 2.24) is 5.43 Å². The predicted molar refractivity (Wildman–Crippen MR) is 119 cm³/mol. The van der Waals surface area contributed by atoms with Gasteiger partial charge in [0, 0.05) is 11.6 Å². The lowest BCUT2D eigenvalue weighted by Crippen LogP contribution is -3.10. The maximum Gasteiger partial charge on any atom is 0.292 e. The van der Waals surface area contributed by atoms with Gasteiger partial charge in [-0.1, -0.05) is 12.1 Å². The standard InChI is InChI=1S/C20H25N5O3S/c1-4-24(5-2)13-16-12-15(10-11-19(16)26)14(3)22-23-20(29)21-17-8-6-7-9-18(17)25(27)28/h6-12,26H,4-5,13H2,1-3H3,(H2,21,23,29)/p+1/b22-14+. The predicted octanol–water partition coefficient (Wildman–Crippen LogP) is 2.44. The first-order chi connectivity index (χ1) is 13.8. The number of nitro groups is 1. The zero-order valence-corrected chi connectivity index (χ0v) is 17.5. The molecule has 0 saturated carbocycles. The van der Waals surface area contributed by atoms with Crippen LogP contribution < -0.4 is 15.6 Å². The maximum absolute atomic E-state index is 11.1. The number of nitrogens with zero attached hydrogens (tertiary/aromatic N) is 2. The summed E-state index contributed by atoms with van der Waals surface area (Å²) in [6.07, 6.45) is 0. The summed E-state index contributed by atoms with van der Waals surface area (Å²) in [5.41, 5.74) is 5.31. The summed E-state index contributed by atoms with van der Waals surface area (Å²) < 4.78 is 0. The van der Waals surface area contributed by atoms with Crippen molar-refractivity contribution in [1.29, 1.82) is 0 Å². The van der Waals surface area contributed by atoms with Crippen LogP contribution in [0, 0.1) is 10.1 Å². The van der Waals surface area contributed by atoms with Crippen LogP contribution in [0.2, 0.25) is 0 Å². The Morgan fingerprint density at radius 3 is 2.59 bits per heavy atom. The van der Waals surface area contributed by atoms with Gasteiger partial charge in [0.05, 0.1) is 23.7 Å². The number of thiocarbonyl (C=S) groups is 1. The number of anilines is 1. The molecule has 0 amide bonds. The van der Waals surface area contributed by atoms with E-state index in [4.69, 9.17) is 12.2 Å². The molecule has 8 nitrogen and oxygen atoms in total. The van der Waals surface area contributed by atoms with Gasteiger partial charge in [-0.25, -0.2) is 0 Å².